The first-order chi connectivity index (χ1) is 5.13. The monoisotopic (exact) mass is 175 g/mol. The van der Waals surface area contributed by atoms with Crippen LogP contribution < -0.4 is 34.7 Å². The molecule has 1 rings (SSSR count). The number of benzene rings is 1. The Kier molecular flexibility index (Phi) is 4.23. The van der Waals surface area contributed by atoms with Gasteiger partial charge in [0.05, 0.1) is 4.92 Å². The zero-order valence-electron chi connectivity index (χ0n) is 6.90. The molecule has 0 aromatic heterocycles. The number of hydrogen-bond donors (Lipinski definition) is 0. The Hall–Kier alpha value is -0.580. The second-order valence-electron chi connectivity index (χ2n) is 2.16. The molecule has 0 N–H and O–H groups in total. The molecular formula is C7H6NNaO3. The fraction of sp³-hybridized carbons (Fsp3) is 0.143. The van der Waals surface area contributed by atoms with Crippen molar-refractivity contribution in [2.45, 2.75) is 6.92 Å². The Bertz CT molecular complexity index is 301. The number of nitro groups is 1. The summed E-state index contributed by atoms with van der Waals surface area (Å²) in [5.74, 6) is -0.292. The molecule has 0 unspecified atom stereocenters. The minimum Gasteiger partial charge on any atom is -0.872 e. The van der Waals surface area contributed by atoms with E-state index in [0.717, 1.165) is 0 Å². The predicted octanol–water partition coefficient (Wildman–Crippen LogP) is -2.02. The smallest absolute Gasteiger partial charge is 0.872 e. The number of hydrogen-bond acceptors (Lipinski definition) is 3. The fourth-order valence-corrected chi connectivity index (χ4v) is 0.801. The molecule has 0 amide bonds. The van der Waals surface area contributed by atoms with Crippen molar-refractivity contribution in [2.75, 3.05) is 0 Å². The first kappa shape index (κ1) is 11.4. The van der Waals surface area contributed by atoms with E-state index in [9.17, 15) is 15.2 Å². The maximum atomic E-state index is 10.8. The van der Waals surface area contributed by atoms with Gasteiger partial charge in [-0.2, -0.15) is 0 Å². The minimum absolute atomic E-state index is 0. The van der Waals surface area contributed by atoms with E-state index in [2.05, 4.69) is 0 Å². The van der Waals surface area contributed by atoms with Gasteiger partial charge >= 0.3 is 29.6 Å². The molecule has 4 nitrogen and oxygen atoms in total. The van der Waals surface area contributed by atoms with E-state index in [0.29, 0.717) is 0 Å². The molecule has 0 saturated heterocycles. The molecule has 1 aromatic carbocycles. The van der Waals surface area contributed by atoms with Crippen LogP contribution in [0, 0.1) is 17.0 Å². The average Bonchev–Trinajstić information content (AvgIpc) is 1.94. The van der Waals surface area contributed by atoms with Crippen molar-refractivity contribution in [1.82, 2.24) is 0 Å². The van der Waals surface area contributed by atoms with Crippen molar-refractivity contribution < 1.29 is 39.6 Å². The van der Waals surface area contributed by atoms with Gasteiger partial charge in [0.1, 0.15) is 0 Å². The van der Waals surface area contributed by atoms with E-state index in [1.807, 2.05) is 0 Å². The second kappa shape index (κ2) is 4.45. The normalized spacial score (nSPS) is 8.75. The topological polar surface area (TPSA) is 66.2 Å². The van der Waals surface area contributed by atoms with E-state index in [4.69, 9.17) is 0 Å². The van der Waals surface area contributed by atoms with Gasteiger partial charge in [-0.05, 0) is 6.92 Å². The fourth-order valence-electron chi connectivity index (χ4n) is 0.801. The summed E-state index contributed by atoms with van der Waals surface area (Å²) in [6, 6.07) is 4.01. The average molecular weight is 175 g/mol. The van der Waals surface area contributed by atoms with Crippen molar-refractivity contribution >= 4 is 5.69 Å². The van der Waals surface area contributed by atoms with Crippen molar-refractivity contribution in [2.24, 2.45) is 0 Å². The number of rotatable bonds is 1. The molecule has 0 spiro atoms. The van der Waals surface area contributed by atoms with Crippen LogP contribution in [0.5, 0.6) is 5.75 Å². The van der Waals surface area contributed by atoms with E-state index < -0.39 is 4.92 Å². The molecule has 0 fully saturated rings. The molecule has 1 aromatic rings. The summed E-state index contributed by atoms with van der Waals surface area (Å²) in [6.07, 6.45) is 0. The minimum atomic E-state index is -0.559. The van der Waals surface area contributed by atoms with Gasteiger partial charge < -0.3 is 5.11 Å². The molecule has 12 heavy (non-hydrogen) atoms. The summed E-state index contributed by atoms with van der Waals surface area (Å²) in [5, 5.41) is 21.1. The summed E-state index contributed by atoms with van der Waals surface area (Å²) in [4.78, 5) is 9.68. The maximum Gasteiger partial charge on any atom is 1.00 e. The molecule has 0 aliphatic carbocycles. The van der Waals surface area contributed by atoms with Crippen LogP contribution in [-0.4, -0.2) is 4.92 Å². The maximum absolute atomic E-state index is 10.8. The zero-order valence-corrected chi connectivity index (χ0v) is 8.90. The largest absolute Gasteiger partial charge is 1.00 e. The van der Waals surface area contributed by atoms with Crippen LogP contribution in [0.4, 0.5) is 5.69 Å². The van der Waals surface area contributed by atoms with Crippen LogP contribution in [0.1, 0.15) is 5.56 Å². The number of nitrogens with zero attached hydrogens (tertiary/aromatic N) is 1. The van der Waals surface area contributed by atoms with Crippen LogP contribution in [0.3, 0.4) is 0 Å². The van der Waals surface area contributed by atoms with Gasteiger partial charge in [0, 0.05) is 11.6 Å². The summed E-state index contributed by atoms with van der Waals surface area (Å²) in [6.45, 7) is 1.44. The zero-order chi connectivity index (χ0) is 8.43. The Balaban J connectivity index is 0.00000121. The van der Waals surface area contributed by atoms with Crippen molar-refractivity contribution in [1.29, 1.82) is 0 Å². The molecule has 0 aliphatic heterocycles. The Morgan fingerprint density at radius 2 is 2.00 bits per heavy atom. The van der Waals surface area contributed by atoms with Gasteiger partial charge in [0.2, 0.25) is 0 Å². The summed E-state index contributed by atoms with van der Waals surface area (Å²) in [7, 11) is 0. The summed E-state index contributed by atoms with van der Waals surface area (Å²) in [5.41, 5.74) is 0.0787. The van der Waals surface area contributed by atoms with Crippen LogP contribution in [-0.2, 0) is 0 Å². The third-order valence-corrected chi connectivity index (χ3v) is 1.45. The molecular weight excluding hydrogens is 169 g/mol. The SMILES string of the molecule is Cc1c([O-])cccc1[N+](=O)[O-].[Na+]. The number of nitro benzene ring substituents is 1. The van der Waals surface area contributed by atoms with Gasteiger partial charge in [-0.15, -0.1) is 0 Å². The van der Waals surface area contributed by atoms with Crippen molar-refractivity contribution in [3.8, 4) is 5.75 Å². The third kappa shape index (κ3) is 2.20. The molecule has 0 heterocycles. The first-order valence-electron chi connectivity index (χ1n) is 3.04. The standard InChI is InChI=1S/C7H7NO3.Na/c1-5-6(8(10)11)3-2-4-7(5)9;/h2-4,9H,1H3;/q;+1/p-1. The Labute approximate surface area is 91.7 Å². The van der Waals surface area contributed by atoms with E-state index in [1.165, 1.54) is 25.1 Å². The molecule has 5 heteroatoms. The third-order valence-electron chi connectivity index (χ3n) is 1.45. The van der Waals surface area contributed by atoms with Gasteiger partial charge in [-0.3, -0.25) is 10.1 Å². The molecule has 0 atom stereocenters. The molecule has 0 bridgehead atoms. The van der Waals surface area contributed by atoms with Crippen LogP contribution in [0.15, 0.2) is 18.2 Å². The van der Waals surface area contributed by atoms with E-state index >= 15 is 0 Å². The van der Waals surface area contributed by atoms with Gasteiger partial charge in [0.25, 0.3) is 5.69 Å². The van der Waals surface area contributed by atoms with E-state index in [-0.39, 0.29) is 46.6 Å². The van der Waals surface area contributed by atoms with Crippen LogP contribution in [0.2, 0.25) is 0 Å². The summed E-state index contributed by atoms with van der Waals surface area (Å²) < 4.78 is 0. The molecule has 0 radical (unpaired) electrons. The van der Waals surface area contributed by atoms with Crippen molar-refractivity contribution in [3.63, 3.8) is 0 Å². The molecule has 0 aliphatic rings. The molecule has 0 saturated carbocycles. The van der Waals surface area contributed by atoms with Crippen LogP contribution >= 0.6 is 0 Å². The second-order valence-corrected chi connectivity index (χ2v) is 2.16. The molecule has 58 valence electrons. The van der Waals surface area contributed by atoms with Crippen molar-refractivity contribution in [3.05, 3.63) is 33.9 Å². The van der Waals surface area contributed by atoms with Gasteiger partial charge in [-0.1, -0.05) is 17.9 Å². The van der Waals surface area contributed by atoms with Gasteiger partial charge in [-0.25, -0.2) is 0 Å². The quantitative estimate of drug-likeness (QED) is 0.281. The summed E-state index contributed by atoms with van der Waals surface area (Å²) >= 11 is 0. The van der Waals surface area contributed by atoms with Crippen LogP contribution in [0.25, 0.3) is 0 Å². The predicted molar refractivity (Wildman–Crippen MR) is 37.3 cm³/mol. The Morgan fingerprint density at radius 1 is 1.42 bits per heavy atom. The Morgan fingerprint density at radius 3 is 2.42 bits per heavy atom. The van der Waals surface area contributed by atoms with E-state index in [1.54, 1.807) is 0 Å². The first-order valence-corrected chi connectivity index (χ1v) is 3.04. The van der Waals surface area contributed by atoms with Gasteiger partial charge in [0.15, 0.2) is 0 Å².